The Morgan fingerprint density at radius 3 is 2.53 bits per heavy atom. The molecule has 0 aromatic heterocycles. The van der Waals surface area contributed by atoms with Crippen molar-refractivity contribution < 1.29 is 14.6 Å². The molecule has 0 bridgehead atoms. The standard InChI is InChI=1S/C15H21BrO3/c1-4-18-12-8-10(16)13-9(3)6-7-11(17)14(13)15(12)19-5-2/h8-9,11,17H,4-7H2,1-3H3. The Bertz CT molecular complexity index is 459. The van der Waals surface area contributed by atoms with Gasteiger partial charge >= 0.3 is 0 Å². The van der Waals surface area contributed by atoms with Gasteiger partial charge in [0.05, 0.1) is 19.3 Å². The molecule has 0 amide bonds. The van der Waals surface area contributed by atoms with Crippen molar-refractivity contribution in [2.45, 2.75) is 45.6 Å². The molecule has 106 valence electrons. The van der Waals surface area contributed by atoms with E-state index in [4.69, 9.17) is 9.47 Å². The lowest BCUT2D eigenvalue weighted by Crippen LogP contribution is -2.16. The van der Waals surface area contributed by atoms with Crippen LogP contribution in [-0.2, 0) is 0 Å². The molecule has 1 aromatic carbocycles. The van der Waals surface area contributed by atoms with Crippen LogP contribution in [0.5, 0.6) is 11.5 Å². The van der Waals surface area contributed by atoms with Gasteiger partial charge in [0.2, 0.25) is 0 Å². The quantitative estimate of drug-likeness (QED) is 0.901. The van der Waals surface area contributed by atoms with Crippen molar-refractivity contribution in [3.05, 3.63) is 21.7 Å². The van der Waals surface area contributed by atoms with Gasteiger partial charge in [0.25, 0.3) is 0 Å². The van der Waals surface area contributed by atoms with E-state index in [1.807, 2.05) is 19.9 Å². The molecule has 2 atom stereocenters. The minimum atomic E-state index is -0.468. The summed E-state index contributed by atoms with van der Waals surface area (Å²) in [5.74, 6) is 1.84. The zero-order valence-electron chi connectivity index (χ0n) is 11.7. The normalized spacial score (nSPS) is 21.9. The molecule has 1 aliphatic carbocycles. The van der Waals surface area contributed by atoms with Gasteiger partial charge in [-0.05, 0) is 44.2 Å². The Balaban J connectivity index is 2.62. The molecule has 2 rings (SSSR count). The molecule has 0 aliphatic heterocycles. The van der Waals surface area contributed by atoms with E-state index in [0.717, 1.165) is 28.4 Å². The lowest BCUT2D eigenvalue weighted by atomic mass is 9.81. The van der Waals surface area contributed by atoms with E-state index in [9.17, 15) is 5.11 Å². The van der Waals surface area contributed by atoms with Gasteiger partial charge in [-0.15, -0.1) is 0 Å². The largest absolute Gasteiger partial charge is 0.490 e. The summed E-state index contributed by atoms with van der Waals surface area (Å²) in [6, 6.07) is 1.96. The first-order chi connectivity index (χ1) is 9.10. The van der Waals surface area contributed by atoms with Crippen molar-refractivity contribution in [2.24, 2.45) is 0 Å². The molecule has 1 aromatic rings. The fourth-order valence-corrected chi connectivity index (χ4v) is 3.54. The number of hydrogen-bond acceptors (Lipinski definition) is 3. The van der Waals surface area contributed by atoms with E-state index in [-0.39, 0.29) is 0 Å². The van der Waals surface area contributed by atoms with Crippen molar-refractivity contribution >= 4 is 15.9 Å². The molecule has 0 fully saturated rings. The average molecular weight is 329 g/mol. The minimum absolute atomic E-state index is 0.419. The molecule has 0 heterocycles. The Labute approximate surface area is 123 Å². The van der Waals surface area contributed by atoms with Crippen molar-refractivity contribution in [2.75, 3.05) is 13.2 Å². The summed E-state index contributed by atoms with van der Waals surface area (Å²) >= 11 is 3.61. The highest BCUT2D eigenvalue weighted by molar-refractivity contribution is 9.10. The second-order valence-electron chi connectivity index (χ2n) is 4.87. The molecule has 1 N–H and O–H groups in total. The first-order valence-corrected chi connectivity index (χ1v) is 7.69. The second-order valence-corrected chi connectivity index (χ2v) is 5.73. The van der Waals surface area contributed by atoms with E-state index >= 15 is 0 Å². The van der Waals surface area contributed by atoms with Crippen LogP contribution in [-0.4, -0.2) is 18.3 Å². The lowest BCUT2D eigenvalue weighted by molar-refractivity contribution is 0.144. The van der Waals surface area contributed by atoms with Gasteiger partial charge in [-0.1, -0.05) is 22.9 Å². The third-order valence-electron chi connectivity index (χ3n) is 3.56. The van der Waals surface area contributed by atoms with Crippen LogP contribution >= 0.6 is 15.9 Å². The summed E-state index contributed by atoms with van der Waals surface area (Å²) in [6.07, 6.45) is 1.30. The van der Waals surface area contributed by atoms with Crippen LogP contribution < -0.4 is 9.47 Å². The summed E-state index contributed by atoms with van der Waals surface area (Å²) in [7, 11) is 0. The van der Waals surface area contributed by atoms with Crippen LogP contribution in [0.1, 0.15) is 56.8 Å². The molecule has 19 heavy (non-hydrogen) atoms. The number of aliphatic hydroxyl groups is 1. The summed E-state index contributed by atoms with van der Waals surface area (Å²) in [4.78, 5) is 0. The van der Waals surface area contributed by atoms with Crippen LogP contribution in [0.4, 0.5) is 0 Å². The Hall–Kier alpha value is -0.740. The number of hydrogen-bond donors (Lipinski definition) is 1. The SMILES string of the molecule is CCOc1cc(Br)c2c(c1OCC)C(O)CCC2C. The van der Waals surface area contributed by atoms with Gasteiger partial charge in [-0.3, -0.25) is 0 Å². The van der Waals surface area contributed by atoms with E-state index in [2.05, 4.69) is 22.9 Å². The molecular formula is C15H21BrO3. The third kappa shape index (κ3) is 2.75. The molecular weight excluding hydrogens is 308 g/mol. The topological polar surface area (TPSA) is 38.7 Å². The predicted molar refractivity (Wildman–Crippen MR) is 79.1 cm³/mol. The van der Waals surface area contributed by atoms with Crippen molar-refractivity contribution in [3.8, 4) is 11.5 Å². The summed E-state index contributed by atoms with van der Waals surface area (Å²) in [5.41, 5.74) is 2.06. The third-order valence-corrected chi connectivity index (χ3v) is 4.22. The highest BCUT2D eigenvalue weighted by Gasteiger charge is 2.31. The van der Waals surface area contributed by atoms with Gasteiger partial charge in [0.1, 0.15) is 0 Å². The molecule has 1 aliphatic rings. The molecule has 0 saturated heterocycles. The summed E-state index contributed by atoms with van der Waals surface area (Å²) in [6.45, 7) is 7.22. The minimum Gasteiger partial charge on any atom is -0.490 e. The fourth-order valence-electron chi connectivity index (χ4n) is 2.73. The molecule has 2 unspecified atom stereocenters. The highest BCUT2D eigenvalue weighted by atomic mass is 79.9. The summed E-state index contributed by atoms with van der Waals surface area (Å²) in [5, 5.41) is 10.3. The van der Waals surface area contributed by atoms with E-state index in [1.165, 1.54) is 0 Å². The molecule has 0 radical (unpaired) electrons. The Kier molecular flexibility index (Phi) is 4.74. The van der Waals surface area contributed by atoms with E-state index in [0.29, 0.717) is 30.6 Å². The smallest absolute Gasteiger partial charge is 0.167 e. The molecule has 3 nitrogen and oxygen atoms in total. The Morgan fingerprint density at radius 1 is 1.21 bits per heavy atom. The van der Waals surface area contributed by atoms with E-state index in [1.54, 1.807) is 0 Å². The fraction of sp³-hybridized carbons (Fsp3) is 0.600. The van der Waals surface area contributed by atoms with Crippen molar-refractivity contribution in [1.82, 2.24) is 0 Å². The maximum absolute atomic E-state index is 10.3. The summed E-state index contributed by atoms with van der Waals surface area (Å²) < 4.78 is 12.4. The lowest BCUT2D eigenvalue weighted by Gasteiger charge is -2.30. The van der Waals surface area contributed by atoms with Crippen LogP contribution in [0, 0.1) is 0 Å². The van der Waals surface area contributed by atoms with Gasteiger partial charge in [-0.25, -0.2) is 0 Å². The van der Waals surface area contributed by atoms with Crippen molar-refractivity contribution in [1.29, 1.82) is 0 Å². The molecule has 0 saturated carbocycles. The van der Waals surface area contributed by atoms with E-state index < -0.39 is 6.10 Å². The van der Waals surface area contributed by atoms with Crippen molar-refractivity contribution in [3.63, 3.8) is 0 Å². The van der Waals surface area contributed by atoms with Crippen LogP contribution in [0.15, 0.2) is 10.5 Å². The van der Waals surface area contributed by atoms with Gasteiger partial charge < -0.3 is 14.6 Å². The molecule has 0 spiro atoms. The Morgan fingerprint density at radius 2 is 1.89 bits per heavy atom. The number of ether oxygens (including phenoxy) is 2. The van der Waals surface area contributed by atoms with Crippen LogP contribution in [0.3, 0.4) is 0 Å². The zero-order valence-corrected chi connectivity index (χ0v) is 13.3. The maximum atomic E-state index is 10.3. The van der Waals surface area contributed by atoms with Crippen LogP contribution in [0.25, 0.3) is 0 Å². The maximum Gasteiger partial charge on any atom is 0.167 e. The highest BCUT2D eigenvalue weighted by Crippen LogP contribution is 2.49. The zero-order chi connectivity index (χ0) is 14.0. The average Bonchev–Trinajstić information content (AvgIpc) is 2.37. The van der Waals surface area contributed by atoms with Crippen LogP contribution in [0.2, 0.25) is 0 Å². The first-order valence-electron chi connectivity index (χ1n) is 6.90. The van der Waals surface area contributed by atoms with Gasteiger partial charge in [-0.2, -0.15) is 0 Å². The second kappa shape index (κ2) is 6.14. The molecule has 4 heteroatoms. The first kappa shape index (κ1) is 14.7. The van der Waals surface area contributed by atoms with Gasteiger partial charge in [0, 0.05) is 10.0 Å². The number of rotatable bonds is 4. The number of fused-ring (bicyclic) bond motifs is 1. The monoisotopic (exact) mass is 328 g/mol. The predicted octanol–water partition coefficient (Wildman–Crippen LogP) is 4.18. The number of aliphatic hydroxyl groups excluding tert-OH is 1. The number of halogens is 1. The number of benzene rings is 1. The van der Waals surface area contributed by atoms with Gasteiger partial charge in [0.15, 0.2) is 11.5 Å².